The molecule has 0 radical (unpaired) electrons. The summed E-state index contributed by atoms with van der Waals surface area (Å²) in [5, 5.41) is 36.5. The third-order valence-electron chi connectivity index (χ3n) is 12.0. The van der Waals surface area contributed by atoms with E-state index >= 15 is 8.78 Å². The molecular weight excluding hydrogens is 706 g/mol. The van der Waals surface area contributed by atoms with E-state index in [0.717, 1.165) is 66.3 Å². The molecule has 1 unspecified atom stereocenters. The van der Waals surface area contributed by atoms with Crippen molar-refractivity contribution >= 4 is 11.4 Å². The van der Waals surface area contributed by atoms with E-state index in [4.69, 9.17) is 0 Å². The molecule has 16 heteroatoms. The van der Waals surface area contributed by atoms with Crippen LogP contribution in [0.1, 0.15) is 56.7 Å². The van der Waals surface area contributed by atoms with Crippen molar-refractivity contribution in [2.45, 2.75) is 75.2 Å². The van der Waals surface area contributed by atoms with Crippen LogP contribution < -0.4 is 15.5 Å². The number of rotatable bonds is 12. The summed E-state index contributed by atoms with van der Waals surface area (Å²) < 4.78 is 65.7. The summed E-state index contributed by atoms with van der Waals surface area (Å²) in [6.45, 7) is 5.83. The van der Waals surface area contributed by atoms with Crippen LogP contribution in [0.15, 0.2) is 84.2 Å². The van der Waals surface area contributed by atoms with E-state index in [1.807, 2.05) is 55.5 Å². The molecule has 12 nitrogen and oxygen atoms in total. The van der Waals surface area contributed by atoms with Crippen LogP contribution in [0.3, 0.4) is 0 Å². The number of aromatic nitrogens is 7. The molecule has 2 bridgehead atoms. The summed E-state index contributed by atoms with van der Waals surface area (Å²) in [5.74, 6) is -5.99. The molecule has 3 heterocycles. The standard InChI is InChI=1S/C38H41F4N9O3/c1-3-33(25(2)52)51-34(53)50(24-44-51)30-11-9-29(10-12-30)48-16-14-47(15-17-48)28-7-4-26(5-8-28)35-19-36(20-35,21-35)38(41,42)37(54,22-49-23-43-45-46-49)31-13-6-27(39)18-32(31)40/h4-13,18,23-25,33,52,54H,3,14-17,19-22H2,1-2H3/t25-,33-,35?,36?,37?/m0/s1. The highest BCUT2D eigenvalue weighted by Gasteiger charge is 2.82. The molecule has 3 atom stereocenters. The summed E-state index contributed by atoms with van der Waals surface area (Å²) >= 11 is 0. The van der Waals surface area contributed by atoms with Crippen LogP contribution in [-0.2, 0) is 17.6 Å². The lowest BCUT2D eigenvalue weighted by Crippen LogP contribution is -2.76. The monoisotopic (exact) mass is 747 g/mol. The zero-order chi connectivity index (χ0) is 38.0. The predicted octanol–water partition coefficient (Wildman–Crippen LogP) is 4.60. The first kappa shape index (κ1) is 35.9. The minimum atomic E-state index is -3.79. The molecule has 3 saturated carbocycles. The second-order valence-electron chi connectivity index (χ2n) is 15.1. The lowest BCUT2D eigenvalue weighted by Gasteiger charge is -2.74. The largest absolute Gasteiger partial charge is 0.391 e. The van der Waals surface area contributed by atoms with Crippen molar-refractivity contribution in [1.29, 1.82) is 0 Å². The number of aliphatic hydroxyl groups excluding tert-OH is 1. The maximum atomic E-state index is 16.6. The first-order valence-corrected chi connectivity index (χ1v) is 18.1. The Labute approximate surface area is 308 Å². The van der Waals surface area contributed by atoms with Gasteiger partial charge >= 0.3 is 5.69 Å². The molecule has 2 N–H and O–H groups in total. The van der Waals surface area contributed by atoms with Crippen LogP contribution in [-0.4, -0.2) is 83.0 Å². The summed E-state index contributed by atoms with van der Waals surface area (Å²) in [4.78, 5) is 17.6. The fraction of sp³-hybridized carbons (Fsp3) is 0.447. The van der Waals surface area contributed by atoms with Crippen LogP contribution in [0.25, 0.3) is 5.69 Å². The van der Waals surface area contributed by atoms with E-state index in [9.17, 15) is 23.8 Å². The molecule has 3 aromatic carbocycles. The fourth-order valence-electron chi connectivity index (χ4n) is 9.04. The highest BCUT2D eigenvalue weighted by atomic mass is 19.3. The number of halogens is 4. The van der Waals surface area contributed by atoms with Gasteiger partial charge in [0.1, 0.15) is 24.3 Å². The molecule has 0 spiro atoms. The van der Waals surface area contributed by atoms with E-state index < -0.39 is 58.2 Å². The molecule has 284 valence electrons. The Bertz CT molecular complexity index is 2160. The maximum Gasteiger partial charge on any atom is 0.350 e. The lowest BCUT2D eigenvalue weighted by atomic mass is 9.30. The topological polar surface area (TPSA) is 130 Å². The Kier molecular flexibility index (Phi) is 8.67. The van der Waals surface area contributed by atoms with Crippen molar-refractivity contribution in [3.8, 4) is 5.69 Å². The van der Waals surface area contributed by atoms with Gasteiger partial charge in [0.2, 0.25) is 0 Å². The summed E-state index contributed by atoms with van der Waals surface area (Å²) in [6.07, 6.45) is 2.76. The van der Waals surface area contributed by atoms with Crippen molar-refractivity contribution in [2.75, 3.05) is 36.0 Å². The zero-order valence-corrected chi connectivity index (χ0v) is 29.9. The minimum Gasteiger partial charge on any atom is -0.391 e. The first-order valence-electron chi connectivity index (χ1n) is 18.1. The average molecular weight is 748 g/mol. The molecule has 54 heavy (non-hydrogen) atoms. The number of anilines is 2. The first-order chi connectivity index (χ1) is 25.8. The van der Waals surface area contributed by atoms with Gasteiger partial charge in [-0.1, -0.05) is 19.1 Å². The van der Waals surface area contributed by atoms with Gasteiger partial charge in [-0.3, -0.25) is 0 Å². The number of nitrogens with zero attached hydrogens (tertiary/aromatic N) is 9. The number of tetrazole rings is 1. The van der Waals surface area contributed by atoms with Gasteiger partial charge in [-0.25, -0.2) is 36.3 Å². The van der Waals surface area contributed by atoms with Gasteiger partial charge in [0.05, 0.1) is 24.4 Å². The van der Waals surface area contributed by atoms with E-state index in [1.165, 1.54) is 15.6 Å². The average Bonchev–Trinajstić information content (AvgIpc) is 3.77. The minimum absolute atomic E-state index is 0.114. The number of hydrogen-bond donors (Lipinski definition) is 2. The van der Waals surface area contributed by atoms with Crippen LogP contribution in [0.4, 0.5) is 28.9 Å². The van der Waals surface area contributed by atoms with E-state index in [0.29, 0.717) is 18.2 Å². The van der Waals surface area contributed by atoms with Crippen LogP contribution >= 0.6 is 0 Å². The fourth-order valence-corrected chi connectivity index (χ4v) is 9.04. The zero-order valence-electron chi connectivity index (χ0n) is 29.9. The predicted molar refractivity (Wildman–Crippen MR) is 191 cm³/mol. The number of piperazine rings is 1. The summed E-state index contributed by atoms with van der Waals surface area (Å²) in [6, 6.07) is 17.6. The molecule has 9 rings (SSSR count). The molecule has 4 aliphatic rings. The maximum absolute atomic E-state index is 16.6. The molecule has 5 aromatic rings. The van der Waals surface area contributed by atoms with Crippen LogP contribution in [0.5, 0.6) is 0 Å². The number of benzene rings is 3. The quantitative estimate of drug-likeness (QED) is 0.176. The normalized spacial score (nSPS) is 23.3. The Morgan fingerprint density at radius 2 is 1.46 bits per heavy atom. The van der Waals surface area contributed by atoms with E-state index in [2.05, 4.69) is 30.4 Å². The van der Waals surface area contributed by atoms with E-state index in [-0.39, 0.29) is 25.0 Å². The van der Waals surface area contributed by atoms with Gasteiger partial charge in [0, 0.05) is 54.6 Å². The Balaban J connectivity index is 0.905. The van der Waals surface area contributed by atoms with Gasteiger partial charge in [0.15, 0.2) is 5.60 Å². The molecule has 3 aliphatic carbocycles. The molecular formula is C38H41F4N9O3. The Morgan fingerprint density at radius 3 is 2.00 bits per heavy atom. The molecule has 1 aliphatic heterocycles. The molecule has 0 amide bonds. The number of hydrogen-bond acceptors (Lipinski definition) is 9. The van der Waals surface area contributed by atoms with Gasteiger partial charge in [-0.2, -0.15) is 5.10 Å². The van der Waals surface area contributed by atoms with Crippen molar-refractivity contribution < 1.29 is 27.8 Å². The van der Waals surface area contributed by atoms with Crippen molar-refractivity contribution in [2.24, 2.45) is 5.41 Å². The molecule has 2 aromatic heterocycles. The number of alkyl halides is 2. The highest BCUT2D eigenvalue weighted by Crippen LogP contribution is 2.80. The summed E-state index contributed by atoms with van der Waals surface area (Å²) in [7, 11) is 0. The summed E-state index contributed by atoms with van der Waals surface area (Å²) in [5.41, 5.74) is -2.37. The Hall–Kier alpha value is -5.09. The van der Waals surface area contributed by atoms with Gasteiger partial charge < -0.3 is 20.0 Å². The molecule has 4 fully saturated rings. The second kappa shape index (κ2) is 13.0. The van der Waals surface area contributed by atoms with Crippen molar-refractivity contribution in [3.63, 3.8) is 0 Å². The van der Waals surface area contributed by atoms with Gasteiger partial charge in [-0.15, -0.1) is 5.10 Å². The third-order valence-corrected chi connectivity index (χ3v) is 12.0. The number of aliphatic hydroxyl groups is 2. The Morgan fingerprint density at radius 1 is 0.870 bits per heavy atom. The lowest BCUT2D eigenvalue weighted by molar-refractivity contribution is -0.347. The van der Waals surface area contributed by atoms with Gasteiger partial charge in [-0.05, 0) is 103 Å². The third kappa shape index (κ3) is 5.60. The van der Waals surface area contributed by atoms with Gasteiger partial charge in [0.25, 0.3) is 5.92 Å². The van der Waals surface area contributed by atoms with Crippen molar-refractivity contribution in [3.05, 3.63) is 113 Å². The SMILES string of the molecule is CC[C@@H]([C@H](C)O)n1ncn(-c2ccc(N3CCN(c4ccc(C56CC(C(F)(F)C(O)(Cn7cnnn7)c7ccc(F)cc7F)(C5)C6)cc4)CC3)cc2)c1=O. The highest BCUT2D eigenvalue weighted by molar-refractivity contribution is 5.55. The van der Waals surface area contributed by atoms with Crippen LogP contribution in [0.2, 0.25) is 0 Å². The second-order valence-corrected chi connectivity index (χ2v) is 15.1. The molecule has 1 saturated heterocycles. The van der Waals surface area contributed by atoms with Crippen LogP contribution in [0, 0.1) is 17.0 Å². The van der Waals surface area contributed by atoms with Crippen molar-refractivity contribution in [1.82, 2.24) is 34.6 Å². The van der Waals surface area contributed by atoms with E-state index in [1.54, 1.807) is 6.92 Å². The smallest absolute Gasteiger partial charge is 0.350 e.